The maximum Gasteiger partial charge on any atom is 0.303 e. The Hall–Kier alpha value is -3.48. The summed E-state index contributed by atoms with van der Waals surface area (Å²) in [5.41, 5.74) is 3.22. The van der Waals surface area contributed by atoms with Gasteiger partial charge in [-0.3, -0.25) is 4.79 Å². The summed E-state index contributed by atoms with van der Waals surface area (Å²) in [4.78, 5) is 14.8. The molecular formula is C29H33F2NO4. The molecule has 0 bridgehead atoms. The van der Waals surface area contributed by atoms with Crippen LogP contribution in [0.5, 0.6) is 11.6 Å². The number of benzene rings is 2. The van der Waals surface area contributed by atoms with E-state index in [1.165, 1.54) is 13.2 Å². The fraction of sp³-hybridized carbons (Fsp3) is 0.379. The summed E-state index contributed by atoms with van der Waals surface area (Å²) in [5, 5.41) is 8.89. The second-order valence-corrected chi connectivity index (χ2v) is 9.70. The van der Waals surface area contributed by atoms with Gasteiger partial charge in [0.15, 0.2) is 11.6 Å². The van der Waals surface area contributed by atoms with Gasteiger partial charge >= 0.3 is 5.97 Å². The lowest BCUT2D eigenvalue weighted by molar-refractivity contribution is -0.136. The van der Waals surface area contributed by atoms with Gasteiger partial charge in [0.2, 0.25) is 5.88 Å². The molecule has 3 rings (SSSR count). The van der Waals surface area contributed by atoms with Crippen molar-refractivity contribution in [3.63, 3.8) is 0 Å². The van der Waals surface area contributed by atoms with Gasteiger partial charge in [0.1, 0.15) is 12.4 Å². The maximum absolute atomic E-state index is 14.8. The Morgan fingerprint density at radius 1 is 1.08 bits per heavy atom. The molecule has 2 aromatic carbocycles. The molecular weight excluding hydrogens is 464 g/mol. The van der Waals surface area contributed by atoms with E-state index in [2.05, 4.69) is 25.8 Å². The minimum Gasteiger partial charge on any atom is -0.486 e. The summed E-state index contributed by atoms with van der Waals surface area (Å²) in [6.45, 7) is 6.62. The van der Waals surface area contributed by atoms with E-state index in [4.69, 9.17) is 14.6 Å². The zero-order valence-corrected chi connectivity index (χ0v) is 21.2. The number of aryl methyl sites for hydroxylation is 1. The van der Waals surface area contributed by atoms with Gasteiger partial charge in [-0.25, -0.2) is 13.8 Å². The van der Waals surface area contributed by atoms with Crippen LogP contribution in [0.1, 0.15) is 56.7 Å². The molecule has 36 heavy (non-hydrogen) atoms. The summed E-state index contributed by atoms with van der Waals surface area (Å²) in [6, 6.07) is 12.0. The molecule has 3 aromatic rings. The average Bonchev–Trinajstić information content (AvgIpc) is 2.83. The summed E-state index contributed by atoms with van der Waals surface area (Å²) in [6.07, 6.45) is 3.84. The molecule has 0 unspecified atom stereocenters. The van der Waals surface area contributed by atoms with Gasteiger partial charge in [-0.2, -0.15) is 0 Å². The van der Waals surface area contributed by atoms with Crippen molar-refractivity contribution in [2.75, 3.05) is 7.11 Å². The van der Waals surface area contributed by atoms with Crippen LogP contribution in [0.3, 0.4) is 0 Å². The Bertz CT molecular complexity index is 1210. The first kappa shape index (κ1) is 27.1. The van der Waals surface area contributed by atoms with Crippen LogP contribution in [0.2, 0.25) is 0 Å². The molecule has 0 fully saturated rings. The van der Waals surface area contributed by atoms with Gasteiger partial charge < -0.3 is 14.6 Å². The number of carbonyl (C=O) groups is 1. The van der Waals surface area contributed by atoms with Gasteiger partial charge in [0, 0.05) is 18.1 Å². The third-order valence-electron chi connectivity index (χ3n) is 6.14. The van der Waals surface area contributed by atoms with Crippen molar-refractivity contribution < 1.29 is 28.2 Å². The zero-order valence-electron chi connectivity index (χ0n) is 21.2. The minimum atomic E-state index is -0.984. The predicted octanol–water partition coefficient (Wildman–Crippen LogP) is 7.00. The van der Waals surface area contributed by atoms with Crippen molar-refractivity contribution in [2.45, 2.75) is 59.5 Å². The largest absolute Gasteiger partial charge is 0.486 e. The molecule has 0 radical (unpaired) electrons. The number of hydrogen-bond donors (Lipinski definition) is 1. The highest BCUT2D eigenvalue weighted by atomic mass is 19.1. The van der Waals surface area contributed by atoms with Crippen LogP contribution in [-0.2, 0) is 24.2 Å². The number of hydrogen-bond acceptors (Lipinski definition) is 4. The van der Waals surface area contributed by atoms with Gasteiger partial charge in [0.05, 0.1) is 13.3 Å². The standard InChI is InChI=1S/C29H33F2NO4/c1-5-13-29(2,3)16-21-14-19(9-11-22(21)23-15-26(35-4)32-17-24(23)30)18-36-25-8-6-7-20(28(25)31)10-12-27(33)34/h6-9,11,14-15,17H,5,10,12-13,16,18H2,1-4H3,(H,33,34). The highest BCUT2D eigenvalue weighted by molar-refractivity contribution is 5.69. The van der Waals surface area contributed by atoms with E-state index in [-0.39, 0.29) is 30.6 Å². The van der Waals surface area contributed by atoms with Crippen molar-refractivity contribution in [3.05, 3.63) is 77.0 Å². The monoisotopic (exact) mass is 497 g/mol. The number of halogens is 2. The number of rotatable bonds is 12. The third-order valence-corrected chi connectivity index (χ3v) is 6.14. The van der Waals surface area contributed by atoms with Crippen molar-refractivity contribution in [3.8, 4) is 22.8 Å². The Kier molecular flexibility index (Phi) is 9.02. The van der Waals surface area contributed by atoms with E-state index < -0.39 is 17.6 Å². The van der Waals surface area contributed by atoms with Gasteiger partial charge in [-0.1, -0.05) is 57.5 Å². The second-order valence-electron chi connectivity index (χ2n) is 9.70. The molecule has 0 atom stereocenters. The number of methoxy groups -OCH3 is 1. The van der Waals surface area contributed by atoms with E-state index >= 15 is 0 Å². The number of pyridine rings is 1. The van der Waals surface area contributed by atoms with E-state index in [1.807, 2.05) is 18.2 Å². The van der Waals surface area contributed by atoms with Crippen LogP contribution in [0, 0.1) is 17.0 Å². The molecule has 0 aliphatic heterocycles. The Labute approximate surface area is 211 Å². The smallest absolute Gasteiger partial charge is 0.303 e. The lowest BCUT2D eigenvalue weighted by Gasteiger charge is -2.26. The van der Waals surface area contributed by atoms with Crippen LogP contribution in [0.25, 0.3) is 11.1 Å². The first-order chi connectivity index (χ1) is 17.1. The third kappa shape index (κ3) is 7.03. The van der Waals surface area contributed by atoms with Gasteiger partial charge in [0.25, 0.3) is 0 Å². The van der Waals surface area contributed by atoms with Crippen LogP contribution >= 0.6 is 0 Å². The van der Waals surface area contributed by atoms with Gasteiger partial charge in [-0.05, 0) is 53.0 Å². The van der Waals surface area contributed by atoms with E-state index in [9.17, 15) is 13.6 Å². The first-order valence-electron chi connectivity index (χ1n) is 12.1. The fourth-order valence-corrected chi connectivity index (χ4v) is 4.43. The molecule has 7 heteroatoms. The van der Waals surface area contributed by atoms with Crippen molar-refractivity contribution in [1.29, 1.82) is 0 Å². The molecule has 0 aliphatic rings. The molecule has 192 valence electrons. The first-order valence-corrected chi connectivity index (χ1v) is 12.1. The molecule has 0 amide bonds. The Balaban J connectivity index is 1.92. The number of aromatic nitrogens is 1. The lowest BCUT2D eigenvalue weighted by atomic mass is 9.79. The molecule has 5 nitrogen and oxygen atoms in total. The van der Waals surface area contributed by atoms with Crippen molar-refractivity contribution in [1.82, 2.24) is 4.98 Å². The Morgan fingerprint density at radius 3 is 2.56 bits per heavy atom. The normalized spacial score (nSPS) is 11.4. The minimum absolute atomic E-state index is 0.0127. The highest BCUT2D eigenvalue weighted by Crippen LogP contribution is 2.35. The molecule has 0 spiro atoms. The number of nitrogens with zero attached hydrogens (tertiary/aromatic N) is 1. The maximum atomic E-state index is 14.8. The fourth-order valence-electron chi connectivity index (χ4n) is 4.43. The van der Waals surface area contributed by atoms with Gasteiger partial charge in [-0.15, -0.1) is 0 Å². The van der Waals surface area contributed by atoms with Crippen LogP contribution in [0.15, 0.2) is 48.7 Å². The number of carboxylic acid groups (broad SMARTS) is 1. The van der Waals surface area contributed by atoms with Crippen LogP contribution in [0.4, 0.5) is 8.78 Å². The second kappa shape index (κ2) is 12.0. The number of ether oxygens (including phenoxy) is 2. The molecule has 1 heterocycles. The lowest BCUT2D eigenvalue weighted by Crippen LogP contribution is -2.15. The number of carboxylic acids is 1. The predicted molar refractivity (Wildman–Crippen MR) is 135 cm³/mol. The zero-order chi connectivity index (χ0) is 26.3. The topological polar surface area (TPSA) is 68.7 Å². The van der Waals surface area contributed by atoms with Crippen LogP contribution < -0.4 is 9.47 Å². The SMILES string of the molecule is CCCC(C)(C)Cc1cc(COc2cccc(CCC(=O)O)c2F)ccc1-c1cc(OC)ncc1F. The molecule has 0 saturated carbocycles. The summed E-state index contributed by atoms with van der Waals surface area (Å²) in [7, 11) is 1.49. The molecule has 1 aromatic heterocycles. The number of aliphatic carboxylic acids is 1. The highest BCUT2D eigenvalue weighted by Gasteiger charge is 2.22. The summed E-state index contributed by atoms with van der Waals surface area (Å²) in [5.74, 6) is -1.57. The molecule has 1 N–H and O–H groups in total. The van der Waals surface area contributed by atoms with Crippen molar-refractivity contribution >= 4 is 5.97 Å². The quantitative estimate of drug-likeness (QED) is 0.292. The summed E-state index contributed by atoms with van der Waals surface area (Å²) >= 11 is 0. The Morgan fingerprint density at radius 2 is 1.86 bits per heavy atom. The molecule has 0 aliphatic carbocycles. The van der Waals surface area contributed by atoms with E-state index in [0.717, 1.165) is 35.7 Å². The van der Waals surface area contributed by atoms with E-state index in [0.29, 0.717) is 23.4 Å². The van der Waals surface area contributed by atoms with E-state index in [1.54, 1.807) is 18.2 Å². The van der Waals surface area contributed by atoms with Crippen LogP contribution in [-0.4, -0.2) is 23.2 Å². The van der Waals surface area contributed by atoms with Crippen molar-refractivity contribution in [2.24, 2.45) is 5.41 Å². The summed E-state index contributed by atoms with van der Waals surface area (Å²) < 4.78 is 40.6. The average molecular weight is 498 g/mol. The molecule has 0 saturated heterocycles.